The zero-order valence-corrected chi connectivity index (χ0v) is 18.7. The van der Waals surface area contributed by atoms with Crippen LogP contribution in [0.2, 0.25) is 5.02 Å². The number of carboxylic acid groups (broad SMARTS) is 1. The van der Waals surface area contributed by atoms with E-state index in [9.17, 15) is 28.8 Å². The number of hydrogen-bond acceptors (Lipinski definition) is 6. The van der Waals surface area contributed by atoms with E-state index in [0.717, 1.165) is 10.0 Å². The van der Waals surface area contributed by atoms with Gasteiger partial charge in [-0.15, -0.1) is 0 Å². The number of hydrazine groups is 1. The van der Waals surface area contributed by atoms with Gasteiger partial charge in [0.1, 0.15) is 18.4 Å². The van der Waals surface area contributed by atoms with E-state index in [1.54, 1.807) is 18.2 Å². The second kappa shape index (κ2) is 10.9. The number of rotatable bonds is 8. The first kappa shape index (κ1) is 24.9. The van der Waals surface area contributed by atoms with E-state index in [1.807, 2.05) is 0 Å². The topological polar surface area (TPSA) is 153 Å². The van der Waals surface area contributed by atoms with Crippen molar-refractivity contribution in [3.63, 3.8) is 0 Å². The Hall–Kier alpha value is -3.73. The van der Waals surface area contributed by atoms with E-state index >= 15 is 0 Å². The van der Waals surface area contributed by atoms with Crippen LogP contribution in [0.5, 0.6) is 0 Å². The maximum Gasteiger partial charge on any atom is 0.303 e. The van der Waals surface area contributed by atoms with Crippen molar-refractivity contribution in [1.29, 1.82) is 0 Å². The molecule has 34 heavy (non-hydrogen) atoms. The van der Waals surface area contributed by atoms with Crippen LogP contribution < -0.4 is 10.6 Å². The van der Waals surface area contributed by atoms with E-state index in [4.69, 9.17) is 16.7 Å². The molecule has 2 heterocycles. The zero-order valence-electron chi connectivity index (χ0n) is 18.0. The summed E-state index contributed by atoms with van der Waals surface area (Å²) in [5.41, 5.74) is 0.229. The molecule has 12 heteroatoms. The summed E-state index contributed by atoms with van der Waals surface area (Å²) in [5, 5.41) is 16.2. The highest BCUT2D eigenvalue weighted by Gasteiger charge is 2.43. The predicted octanol–water partition coefficient (Wildman–Crippen LogP) is 0.639. The summed E-state index contributed by atoms with van der Waals surface area (Å²) in [4.78, 5) is 73.7. The van der Waals surface area contributed by atoms with Crippen molar-refractivity contribution in [1.82, 2.24) is 20.7 Å². The molecule has 1 fully saturated rings. The van der Waals surface area contributed by atoms with Crippen LogP contribution in [0.25, 0.3) is 0 Å². The van der Waals surface area contributed by atoms with Gasteiger partial charge in [0.05, 0.1) is 6.04 Å². The van der Waals surface area contributed by atoms with Gasteiger partial charge in [-0.1, -0.05) is 23.7 Å². The number of hydrogen-bond donors (Lipinski definition) is 3. The molecular weight excluding hydrogens is 468 g/mol. The lowest BCUT2D eigenvalue weighted by Gasteiger charge is -2.39. The van der Waals surface area contributed by atoms with Gasteiger partial charge in [0.15, 0.2) is 0 Å². The molecule has 3 atom stereocenters. The molecule has 3 N–H and O–H groups in total. The Labute approximate surface area is 199 Å². The molecule has 11 nitrogen and oxygen atoms in total. The molecule has 4 amide bonds. The number of carbonyl (C=O) groups excluding carboxylic acids is 5. The highest BCUT2D eigenvalue weighted by Crippen LogP contribution is 2.24. The van der Waals surface area contributed by atoms with E-state index in [0.29, 0.717) is 11.3 Å². The van der Waals surface area contributed by atoms with Crippen LogP contribution in [0.1, 0.15) is 42.5 Å². The molecule has 0 radical (unpaired) electrons. The van der Waals surface area contributed by atoms with Crippen LogP contribution in [0, 0.1) is 0 Å². The van der Waals surface area contributed by atoms with Crippen molar-refractivity contribution in [3.8, 4) is 0 Å². The molecule has 0 aromatic heterocycles. The number of nitrogens with one attached hydrogen (secondary N) is 2. The van der Waals surface area contributed by atoms with Crippen LogP contribution in [-0.4, -0.2) is 69.1 Å². The van der Waals surface area contributed by atoms with Gasteiger partial charge < -0.3 is 20.5 Å². The average Bonchev–Trinajstić information content (AvgIpc) is 2.93. The number of carbonyl (C=O) groups is 6. The molecule has 0 unspecified atom stereocenters. The third kappa shape index (κ3) is 5.79. The minimum atomic E-state index is -1.17. The van der Waals surface area contributed by atoms with Crippen LogP contribution >= 0.6 is 11.6 Å². The Morgan fingerprint density at radius 1 is 1.26 bits per heavy atom. The monoisotopic (exact) mass is 490 g/mol. The van der Waals surface area contributed by atoms with E-state index in [-0.39, 0.29) is 37.7 Å². The number of aldehydes is 1. The first-order valence-electron chi connectivity index (χ1n) is 10.6. The van der Waals surface area contributed by atoms with Gasteiger partial charge in [-0.3, -0.25) is 24.0 Å². The third-order valence-corrected chi connectivity index (χ3v) is 5.65. The lowest BCUT2D eigenvalue weighted by molar-refractivity contribution is -0.165. The molecular formula is C22H23ClN4O7. The van der Waals surface area contributed by atoms with Crippen molar-refractivity contribution in [2.75, 3.05) is 0 Å². The smallest absolute Gasteiger partial charge is 0.303 e. The van der Waals surface area contributed by atoms with Crippen LogP contribution in [0.15, 0.2) is 36.5 Å². The molecule has 180 valence electrons. The molecule has 0 bridgehead atoms. The highest BCUT2D eigenvalue weighted by molar-refractivity contribution is 6.31. The van der Waals surface area contributed by atoms with Crippen molar-refractivity contribution in [2.45, 2.75) is 50.2 Å². The zero-order chi connectivity index (χ0) is 24.8. The number of fused-ring (bicyclic) bond motifs is 1. The molecule has 0 spiro atoms. The molecule has 0 saturated carbocycles. The standard InChI is InChI=1S/C22H23ClN4O7/c23-14-4-1-3-13(11-14)20(32)25-16-7-8-18(29)26-10-2-5-17(27(26)22(16)34)21(33)24-15(12-28)6-9-19(30)31/h1-4,10-12,15-17H,5-9H2,(H,24,33)(H,25,32)(H,30,31)/t15-,16-,17-/m0/s1. The van der Waals surface area contributed by atoms with Crippen LogP contribution in [0.3, 0.4) is 0 Å². The second-order valence-electron chi connectivity index (χ2n) is 7.82. The van der Waals surface area contributed by atoms with Crippen molar-refractivity contribution >= 4 is 47.5 Å². The highest BCUT2D eigenvalue weighted by atomic mass is 35.5. The number of amides is 4. The summed E-state index contributed by atoms with van der Waals surface area (Å²) < 4.78 is 0. The Morgan fingerprint density at radius 2 is 2.03 bits per heavy atom. The predicted molar refractivity (Wildman–Crippen MR) is 118 cm³/mol. The van der Waals surface area contributed by atoms with Gasteiger partial charge in [-0.2, -0.15) is 0 Å². The summed E-state index contributed by atoms with van der Waals surface area (Å²) in [7, 11) is 0. The van der Waals surface area contributed by atoms with Gasteiger partial charge >= 0.3 is 5.97 Å². The number of halogens is 1. The maximum atomic E-state index is 13.4. The van der Waals surface area contributed by atoms with Gasteiger partial charge in [0.2, 0.25) is 11.8 Å². The quantitative estimate of drug-likeness (QED) is 0.452. The normalized spacial score (nSPS) is 20.7. The van der Waals surface area contributed by atoms with Crippen molar-refractivity contribution in [3.05, 3.63) is 47.1 Å². The Bertz CT molecular complexity index is 1040. The minimum Gasteiger partial charge on any atom is -0.481 e. The van der Waals surface area contributed by atoms with E-state index in [1.165, 1.54) is 18.3 Å². The van der Waals surface area contributed by atoms with Gasteiger partial charge in [-0.05, 0) is 37.5 Å². The molecule has 2 aliphatic heterocycles. The Morgan fingerprint density at radius 3 is 2.71 bits per heavy atom. The van der Waals surface area contributed by atoms with Crippen molar-refractivity contribution < 1.29 is 33.9 Å². The van der Waals surface area contributed by atoms with Crippen LogP contribution in [0.4, 0.5) is 0 Å². The number of benzene rings is 1. The number of carboxylic acids is 1. The molecule has 2 aliphatic rings. The maximum absolute atomic E-state index is 13.4. The largest absolute Gasteiger partial charge is 0.481 e. The second-order valence-corrected chi connectivity index (χ2v) is 8.25. The van der Waals surface area contributed by atoms with Gasteiger partial charge in [0.25, 0.3) is 11.8 Å². The summed E-state index contributed by atoms with van der Waals surface area (Å²) in [6.45, 7) is 0. The SMILES string of the molecule is O=C[C@H](CCC(=O)O)NC(=O)[C@@H]1CC=CN2C(=O)CC[C@H](NC(=O)c3cccc(Cl)c3)C(=O)N12. The molecule has 1 saturated heterocycles. The summed E-state index contributed by atoms with van der Waals surface area (Å²) in [6, 6.07) is 2.81. The summed E-state index contributed by atoms with van der Waals surface area (Å²) in [6.07, 6.45) is 2.91. The first-order valence-corrected chi connectivity index (χ1v) is 10.9. The third-order valence-electron chi connectivity index (χ3n) is 5.42. The fraction of sp³-hybridized carbons (Fsp3) is 0.364. The first-order chi connectivity index (χ1) is 16.2. The Balaban J connectivity index is 1.80. The number of aliphatic carboxylic acids is 1. The fourth-order valence-electron chi connectivity index (χ4n) is 3.70. The summed E-state index contributed by atoms with van der Waals surface area (Å²) >= 11 is 5.93. The van der Waals surface area contributed by atoms with E-state index < -0.39 is 47.7 Å². The van der Waals surface area contributed by atoms with Gasteiger partial charge in [0, 0.05) is 29.6 Å². The fourth-order valence-corrected chi connectivity index (χ4v) is 3.89. The van der Waals surface area contributed by atoms with Crippen molar-refractivity contribution in [2.24, 2.45) is 0 Å². The number of nitrogens with zero attached hydrogens (tertiary/aromatic N) is 2. The Kier molecular flexibility index (Phi) is 8.00. The molecule has 3 rings (SSSR count). The average molecular weight is 491 g/mol. The lowest BCUT2D eigenvalue weighted by Crippen LogP contribution is -2.61. The molecule has 0 aliphatic carbocycles. The van der Waals surface area contributed by atoms with E-state index in [2.05, 4.69) is 10.6 Å². The molecule has 1 aromatic rings. The molecule has 1 aromatic carbocycles. The minimum absolute atomic E-state index is 0.0225. The lowest BCUT2D eigenvalue weighted by atomic mass is 10.1. The van der Waals surface area contributed by atoms with Gasteiger partial charge in [-0.25, -0.2) is 10.0 Å². The summed E-state index contributed by atoms with van der Waals surface area (Å²) in [5.74, 6) is -3.53. The van der Waals surface area contributed by atoms with Crippen LogP contribution in [-0.2, 0) is 24.0 Å².